The van der Waals surface area contributed by atoms with Crippen molar-refractivity contribution in [2.75, 3.05) is 5.32 Å². The van der Waals surface area contributed by atoms with Gasteiger partial charge in [0.25, 0.3) is 0 Å². The van der Waals surface area contributed by atoms with Crippen molar-refractivity contribution in [2.24, 2.45) is 0 Å². The zero-order chi connectivity index (χ0) is 14.7. The van der Waals surface area contributed by atoms with Crippen LogP contribution in [-0.4, -0.2) is 24.3 Å². The second-order valence-corrected chi connectivity index (χ2v) is 5.06. The summed E-state index contributed by atoms with van der Waals surface area (Å²) in [5, 5.41) is 11.4. The van der Waals surface area contributed by atoms with Crippen molar-refractivity contribution in [1.82, 2.24) is 24.3 Å². The third-order valence-corrected chi connectivity index (χ3v) is 3.29. The number of benzene rings is 1. The van der Waals surface area contributed by atoms with Gasteiger partial charge < -0.3 is 9.88 Å². The molecule has 1 N–H and O–H groups in total. The molecule has 0 fully saturated rings. The number of nitrogens with one attached hydrogen (secondary N) is 1. The van der Waals surface area contributed by atoms with E-state index in [0.29, 0.717) is 18.5 Å². The van der Waals surface area contributed by atoms with Crippen LogP contribution >= 0.6 is 0 Å². The molecule has 6 nitrogen and oxygen atoms in total. The average Bonchev–Trinajstić information content (AvgIpc) is 3.15. The zero-order valence-electron chi connectivity index (χ0n) is 12.1. The molecule has 2 aromatic heterocycles. The van der Waals surface area contributed by atoms with Crippen LogP contribution < -0.4 is 5.32 Å². The average molecular weight is 282 g/mol. The van der Waals surface area contributed by atoms with Gasteiger partial charge in [-0.15, -0.1) is 10.2 Å². The van der Waals surface area contributed by atoms with Crippen LogP contribution in [0.15, 0.2) is 49.1 Å². The molecule has 1 aromatic carbocycles. The second kappa shape index (κ2) is 5.78. The Morgan fingerprint density at radius 1 is 1.19 bits per heavy atom. The summed E-state index contributed by atoms with van der Waals surface area (Å²) in [5.74, 6) is 1.69. The summed E-state index contributed by atoms with van der Waals surface area (Å²) in [6.07, 6.45) is 5.51. The molecule has 0 saturated heterocycles. The highest BCUT2D eigenvalue weighted by molar-refractivity contribution is 5.40. The minimum Gasteiger partial charge on any atom is -0.347 e. The van der Waals surface area contributed by atoms with E-state index in [0.717, 1.165) is 11.5 Å². The van der Waals surface area contributed by atoms with E-state index in [-0.39, 0.29) is 0 Å². The van der Waals surface area contributed by atoms with E-state index in [4.69, 9.17) is 0 Å². The van der Waals surface area contributed by atoms with E-state index in [1.165, 1.54) is 0 Å². The van der Waals surface area contributed by atoms with Crippen LogP contribution in [-0.2, 0) is 6.54 Å². The summed E-state index contributed by atoms with van der Waals surface area (Å²) in [5.41, 5.74) is 1.03. The van der Waals surface area contributed by atoms with Gasteiger partial charge in [0, 0.05) is 18.4 Å². The Kier molecular flexibility index (Phi) is 3.68. The number of para-hydroxylation sites is 1. The molecule has 0 aliphatic rings. The maximum absolute atomic E-state index is 4.38. The van der Waals surface area contributed by atoms with Crippen molar-refractivity contribution in [3.8, 4) is 5.69 Å². The molecule has 2 heterocycles. The number of anilines is 1. The second-order valence-electron chi connectivity index (χ2n) is 5.06. The molecule has 0 saturated carbocycles. The molecule has 0 unspecified atom stereocenters. The van der Waals surface area contributed by atoms with Gasteiger partial charge in [-0.25, -0.2) is 4.98 Å². The van der Waals surface area contributed by atoms with Crippen molar-refractivity contribution in [3.63, 3.8) is 0 Å². The van der Waals surface area contributed by atoms with Gasteiger partial charge in [-0.05, 0) is 26.0 Å². The lowest BCUT2D eigenvalue weighted by molar-refractivity contribution is 0.572. The SMILES string of the molecule is CC(C)n1ccnc1CNc1nncn1-c1ccccc1. The third kappa shape index (κ3) is 2.79. The van der Waals surface area contributed by atoms with Crippen molar-refractivity contribution in [3.05, 3.63) is 54.9 Å². The van der Waals surface area contributed by atoms with Gasteiger partial charge in [0.1, 0.15) is 12.2 Å². The van der Waals surface area contributed by atoms with Gasteiger partial charge in [0.15, 0.2) is 0 Å². The van der Waals surface area contributed by atoms with Gasteiger partial charge in [-0.2, -0.15) is 0 Å². The smallest absolute Gasteiger partial charge is 0.229 e. The van der Waals surface area contributed by atoms with Gasteiger partial charge in [-0.1, -0.05) is 18.2 Å². The first-order valence-corrected chi connectivity index (χ1v) is 6.96. The molecule has 6 heteroatoms. The molecular weight excluding hydrogens is 264 g/mol. The van der Waals surface area contributed by atoms with Gasteiger partial charge in [0.05, 0.1) is 12.2 Å². The lowest BCUT2D eigenvalue weighted by atomic mass is 10.3. The highest BCUT2D eigenvalue weighted by Crippen LogP contribution is 2.14. The Labute approximate surface area is 123 Å². The van der Waals surface area contributed by atoms with E-state index >= 15 is 0 Å². The highest BCUT2D eigenvalue weighted by atomic mass is 15.3. The molecule has 0 radical (unpaired) electrons. The standard InChI is InChI=1S/C15H18N6/c1-12(2)20-9-8-16-14(20)10-17-15-19-18-11-21(15)13-6-4-3-5-7-13/h3-9,11-12H,10H2,1-2H3,(H,17,19). The number of aromatic nitrogens is 5. The van der Waals surface area contributed by atoms with Crippen LogP contribution in [0.2, 0.25) is 0 Å². The van der Waals surface area contributed by atoms with Crippen LogP contribution in [0.4, 0.5) is 5.95 Å². The first kappa shape index (κ1) is 13.4. The maximum atomic E-state index is 4.38. The fourth-order valence-electron chi connectivity index (χ4n) is 2.24. The predicted octanol–water partition coefficient (Wildman–Crippen LogP) is 2.66. The van der Waals surface area contributed by atoms with E-state index in [2.05, 4.69) is 38.9 Å². The molecule has 21 heavy (non-hydrogen) atoms. The Morgan fingerprint density at radius 2 is 2.00 bits per heavy atom. The van der Waals surface area contributed by atoms with Crippen LogP contribution in [0.1, 0.15) is 25.7 Å². The number of hydrogen-bond acceptors (Lipinski definition) is 4. The quantitative estimate of drug-likeness (QED) is 0.781. The van der Waals surface area contributed by atoms with Crippen LogP contribution in [0.3, 0.4) is 0 Å². The lowest BCUT2D eigenvalue weighted by Crippen LogP contribution is -2.12. The summed E-state index contributed by atoms with van der Waals surface area (Å²) in [6.45, 7) is 4.88. The topological polar surface area (TPSA) is 60.6 Å². The zero-order valence-corrected chi connectivity index (χ0v) is 12.1. The lowest BCUT2D eigenvalue weighted by Gasteiger charge is -2.12. The van der Waals surface area contributed by atoms with Gasteiger partial charge in [-0.3, -0.25) is 4.57 Å². The Hall–Kier alpha value is -2.63. The summed E-state index contributed by atoms with van der Waals surface area (Å²) in [7, 11) is 0. The number of nitrogens with zero attached hydrogens (tertiary/aromatic N) is 5. The molecule has 3 rings (SSSR count). The predicted molar refractivity (Wildman–Crippen MR) is 81.3 cm³/mol. The number of hydrogen-bond donors (Lipinski definition) is 1. The van der Waals surface area contributed by atoms with E-state index in [1.807, 2.05) is 47.3 Å². The van der Waals surface area contributed by atoms with Crippen LogP contribution in [0.5, 0.6) is 0 Å². The Bertz CT molecular complexity index is 698. The number of rotatable bonds is 5. The molecule has 0 bridgehead atoms. The fraction of sp³-hybridized carbons (Fsp3) is 0.267. The fourth-order valence-corrected chi connectivity index (χ4v) is 2.24. The monoisotopic (exact) mass is 282 g/mol. The Balaban J connectivity index is 1.78. The summed E-state index contributed by atoms with van der Waals surface area (Å²) in [6, 6.07) is 10.4. The van der Waals surface area contributed by atoms with Crippen LogP contribution in [0.25, 0.3) is 5.69 Å². The van der Waals surface area contributed by atoms with Crippen molar-refractivity contribution >= 4 is 5.95 Å². The van der Waals surface area contributed by atoms with Gasteiger partial charge >= 0.3 is 0 Å². The molecule has 0 aliphatic carbocycles. The van der Waals surface area contributed by atoms with Gasteiger partial charge in [0.2, 0.25) is 5.95 Å². The highest BCUT2D eigenvalue weighted by Gasteiger charge is 2.09. The largest absolute Gasteiger partial charge is 0.347 e. The normalized spacial score (nSPS) is 11.0. The van der Waals surface area contributed by atoms with E-state index < -0.39 is 0 Å². The molecule has 0 atom stereocenters. The number of imidazole rings is 1. The molecule has 0 aliphatic heterocycles. The van der Waals surface area contributed by atoms with E-state index in [1.54, 1.807) is 6.33 Å². The molecule has 0 spiro atoms. The summed E-state index contributed by atoms with van der Waals surface area (Å²) >= 11 is 0. The first-order chi connectivity index (χ1) is 10.3. The first-order valence-electron chi connectivity index (χ1n) is 6.96. The minimum atomic E-state index is 0.385. The Morgan fingerprint density at radius 3 is 2.76 bits per heavy atom. The van der Waals surface area contributed by atoms with Crippen molar-refractivity contribution in [1.29, 1.82) is 0 Å². The summed E-state index contributed by atoms with van der Waals surface area (Å²) in [4.78, 5) is 4.38. The van der Waals surface area contributed by atoms with Crippen LogP contribution in [0, 0.1) is 0 Å². The van der Waals surface area contributed by atoms with Crippen molar-refractivity contribution < 1.29 is 0 Å². The molecule has 108 valence electrons. The molecule has 0 amide bonds. The van der Waals surface area contributed by atoms with Crippen molar-refractivity contribution in [2.45, 2.75) is 26.4 Å². The van der Waals surface area contributed by atoms with E-state index in [9.17, 15) is 0 Å². The third-order valence-electron chi connectivity index (χ3n) is 3.29. The summed E-state index contributed by atoms with van der Waals surface area (Å²) < 4.78 is 4.05. The molecule has 3 aromatic rings. The molecular formula is C15H18N6. The maximum Gasteiger partial charge on any atom is 0.229 e. The minimum absolute atomic E-state index is 0.385.